The Morgan fingerprint density at radius 3 is 3.00 bits per heavy atom. The fourth-order valence-electron chi connectivity index (χ4n) is 2.67. The van der Waals surface area contributed by atoms with Gasteiger partial charge in [-0.2, -0.15) is 0 Å². The third-order valence-electron chi connectivity index (χ3n) is 3.98. The van der Waals surface area contributed by atoms with E-state index in [1.54, 1.807) is 18.5 Å². The van der Waals surface area contributed by atoms with Crippen LogP contribution in [0.2, 0.25) is 0 Å². The summed E-state index contributed by atoms with van der Waals surface area (Å²) in [6.07, 6.45) is 5.48. The lowest BCUT2D eigenvalue weighted by atomic mass is 10.2. The number of nitrogens with zero attached hydrogens (tertiary/aromatic N) is 1. The maximum atomic E-state index is 12.3. The van der Waals surface area contributed by atoms with Crippen molar-refractivity contribution in [1.82, 2.24) is 10.3 Å². The van der Waals surface area contributed by atoms with Crippen LogP contribution in [0.4, 0.5) is 11.4 Å². The Balaban J connectivity index is 1.65. The number of carbonyl (C=O) groups excluding carboxylic acids is 1. The summed E-state index contributed by atoms with van der Waals surface area (Å²) >= 11 is 3.45. The molecule has 0 radical (unpaired) electrons. The number of aryl methyl sites for hydroxylation is 1. The van der Waals surface area contributed by atoms with Gasteiger partial charge in [0.15, 0.2) is 0 Å². The molecule has 1 aromatic carbocycles. The first-order valence-corrected chi connectivity index (χ1v) is 8.79. The van der Waals surface area contributed by atoms with Crippen molar-refractivity contribution in [3.8, 4) is 0 Å². The van der Waals surface area contributed by atoms with Gasteiger partial charge in [0.2, 0.25) is 0 Å². The summed E-state index contributed by atoms with van der Waals surface area (Å²) in [5.74, 6) is -0.130. The van der Waals surface area contributed by atoms with Crippen molar-refractivity contribution in [2.75, 3.05) is 18.5 Å². The predicted octanol–water partition coefficient (Wildman–Crippen LogP) is 3.80. The Hall–Kier alpha value is -1.92. The standard InChI is InChI=1S/C18H20BrN3O2/c1-12-7-14(19)4-5-17(12)22-15-8-13(9-20-10-15)18(23)21-11-16-3-2-6-24-16/h4-5,7-10,16,22H,2-3,6,11H2,1H3,(H,21,23). The van der Waals surface area contributed by atoms with E-state index in [1.807, 2.05) is 25.1 Å². The first-order valence-electron chi connectivity index (χ1n) is 8.00. The molecule has 1 unspecified atom stereocenters. The number of ether oxygens (including phenoxy) is 1. The molecule has 0 spiro atoms. The number of benzene rings is 1. The molecule has 1 fully saturated rings. The average molecular weight is 390 g/mol. The van der Waals surface area contributed by atoms with Gasteiger partial charge in [0.25, 0.3) is 5.91 Å². The Labute approximate surface area is 149 Å². The molecule has 2 aromatic rings. The molecule has 1 aromatic heterocycles. The molecule has 6 heteroatoms. The predicted molar refractivity (Wildman–Crippen MR) is 97.7 cm³/mol. The highest BCUT2D eigenvalue weighted by Gasteiger charge is 2.17. The number of nitrogens with one attached hydrogen (secondary N) is 2. The van der Waals surface area contributed by atoms with Crippen molar-refractivity contribution in [3.63, 3.8) is 0 Å². The molecule has 1 saturated heterocycles. The van der Waals surface area contributed by atoms with E-state index in [2.05, 4.69) is 31.5 Å². The van der Waals surface area contributed by atoms with Crippen LogP contribution in [0.15, 0.2) is 41.1 Å². The Bertz CT molecular complexity index is 730. The van der Waals surface area contributed by atoms with Crippen molar-refractivity contribution >= 4 is 33.2 Å². The Morgan fingerprint density at radius 1 is 1.38 bits per heavy atom. The summed E-state index contributed by atoms with van der Waals surface area (Å²) in [4.78, 5) is 16.4. The van der Waals surface area contributed by atoms with Gasteiger partial charge < -0.3 is 15.4 Å². The molecule has 126 valence electrons. The van der Waals surface area contributed by atoms with Gasteiger partial charge in [-0.25, -0.2) is 0 Å². The molecule has 24 heavy (non-hydrogen) atoms. The molecule has 3 rings (SSSR count). The van der Waals surface area contributed by atoms with Crippen LogP contribution in [-0.4, -0.2) is 30.1 Å². The van der Waals surface area contributed by atoms with Crippen LogP contribution in [0, 0.1) is 6.92 Å². The SMILES string of the molecule is Cc1cc(Br)ccc1Nc1cncc(C(=O)NCC2CCCO2)c1. The minimum atomic E-state index is -0.130. The molecule has 0 saturated carbocycles. The molecule has 2 N–H and O–H groups in total. The van der Waals surface area contributed by atoms with Crippen LogP contribution in [0.3, 0.4) is 0 Å². The number of halogens is 1. The maximum absolute atomic E-state index is 12.3. The summed E-state index contributed by atoms with van der Waals surface area (Å²) in [7, 11) is 0. The minimum Gasteiger partial charge on any atom is -0.376 e. The third kappa shape index (κ3) is 4.33. The lowest BCUT2D eigenvalue weighted by molar-refractivity contribution is 0.0857. The van der Waals surface area contributed by atoms with E-state index in [4.69, 9.17) is 4.74 Å². The smallest absolute Gasteiger partial charge is 0.253 e. The molecule has 0 aliphatic carbocycles. The number of anilines is 2. The summed E-state index contributed by atoms with van der Waals surface area (Å²) in [5, 5.41) is 6.22. The van der Waals surface area contributed by atoms with E-state index in [9.17, 15) is 4.79 Å². The van der Waals surface area contributed by atoms with Crippen molar-refractivity contribution in [1.29, 1.82) is 0 Å². The number of pyridine rings is 1. The van der Waals surface area contributed by atoms with Crippen LogP contribution >= 0.6 is 15.9 Å². The minimum absolute atomic E-state index is 0.130. The number of carbonyl (C=O) groups is 1. The van der Waals surface area contributed by atoms with E-state index >= 15 is 0 Å². The van der Waals surface area contributed by atoms with Crippen LogP contribution in [0.25, 0.3) is 0 Å². The monoisotopic (exact) mass is 389 g/mol. The Kier molecular flexibility index (Phi) is 5.48. The highest BCUT2D eigenvalue weighted by atomic mass is 79.9. The fourth-order valence-corrected chi connectivity index (χ4v) is 3.14. The fraction of sp³-hybridized carbons (Fsp3) is 0.333. The largest absolute Gasteiger partial charge is 0.376 e. The normalized spacial score (nSPS) is 16.8. The van der Waals surface area contributed by atoms with Gasteiger partial charge >= 0.3 is 0 Å². The Morgan fingerprint density at radius 2 is 2.25 bits per heavy atom. The second kappa shape index (κ2) is 7.77. The summed E-state index contributed by atoms with van der Waals surface area (Å²) in [6, 6.07) is 7.80. The van der Waals surface area contributed by atoms with Gasteiger partial charge in [-0.15, -0.1) is 0 Å². The first-order chi connectivity index (χ1) is 11.6. The molecular formula is C18H20BrN3O2. The lowest BCUT2D eigenvalue weighted by Gasteiger charge is -2.12. The molecule has 1 aliphatic heterocycles. The number of hydrogen-bond acceptors (Lipinski definition) is 4. The summed E-state index contributed by atoms with van der Waals surface area (Å²) in [5.41, 5.74) is 3.41. The zero-order valence-electron chi connectivity index (χ0n) is 13.5. The van der Waals surface area contributed by atoms with Gasteiger partial charge in [-0.3, -0.25) is 9.78 Å². The number of hydrogen-bond donors (Lipinski definition) is 2. The van der Waals surface area contributed by atoms with Crippen LogP contribution in [0.5, 0.6) is 0 Å². The van der Waals surface area contributed by atoms with Gasteiger partial charge in [0.05, 0.1) is 23.6 Å². The average Bonchev–Trinajstić information content (AvgIpc) is 3.09. The molecular weight excluding hydrogens is 370 g/mol. The quantitative estimate of drug-likeness (QED) is 0.815. The van der Waals surface area contributed by atoms with Gasteiger partial charge in [-0.05, 0) is 49.6 Å². The van der Waals surface area contributed by atoms with Crippen molar-refractivity contribution in [3.05, 3.63) is 52.3 Å². The second-order valence-corrected chi connectivity index (χ2v) is 6.81. The van der Waals surface area contributed by atoms with Gasteiger partial charge in [0, 0.05) is 29.5 Å². The van der Waals surface area contributed by atoms with Crippen LogP contribution < -0.4 is 10.6 Å². The van der Waals surface area contributed by atoms with Crippen LogP contribution in [-0.2, 0) is 4.74 Å². The number of aromatic nitrogens is 1. The van der Waals surface area contributed by atoms with E-state index in [-0.39, 0.29) is 12.0 Å². The van der Waals surface area contributed by atoms with Gasteiger partial charge in [0.1, 0.15) is 0 Å². The highest BCUT2D eigenvalue weighted by molar-refractivity contribution is 9.10. The molecule has 5 nitrogen and oxygen atoms in total. The van der Waals surface area contributed by atoms with E-state index in [0.29, 0.717) is 12.1 Å². The van der Waals surface area contributed by atoms with Crippen LogP contribution in [0.1, 0.15) is 28.8 Å². The summed E-state index contributed by atoms with van der Waals surface area (Å²) in [6.45, 7) is 3.36. The molecule has 1 aliphatic rings. The third-order valence-corrected chi connectivity index (χ3v) is 4.48. The van der Waals surface area contributed by atoms with Crippen molar-refractivity contribution in [2.45, 2.75) is 25.9 Å². The highest BCUT2D eigenvalue weighted by Crippen LogP contribution is 2.23. The lowest BCUT2D eigenvalue weighted by Crippen LogP contribution is -2.31. The number of rotatable bonds is 5. The van der Waals surface area contributed by atoms with Crippen molar-refractivity contribution < 1.29 is 9.53 Å². The second-order valence-electron chi connectivity index (χ2n) is 5.89. The summed E-state index contributed by atoms with van der Waals surface area (Å²) < 4.78 is 6.55. The van der Waals surface area contributed by atoms with E-state index in [0.717, 1.165) is 40.9 Å². The molecule has 0 bridgehead atoms. The number of amides is 1. The van der Waals surface area contributed by atoms with Crippen molar-refractivity contribution in [2.24, 2.45) is 0 Å². The van der Waals surface area contributed by atoms with E-state index < -0.39 is 0 Å². The van der Waals surface area contributed by atoms with Gasteiger partial charge in [-0.1, -0.05) is 15.9 Å². The maximum Gasteiger partial charge on any atom is 0.253 e. The molecule has 2 heterocycles. The molecule has 1 atom stereocenters. The van der Waals surface area contributed by atoms with E-state index in [1.165, 1.54) is 0 Å². The molecule has 1 amide bonds. The zero-order valence-corrected chi connectivity index (χ0v) is 15.1. The first kappa shape index (κ1) is 16.9. The topological polar surface area (TPSA) is 63.2 Å². The zero-order chi connectivity index (χ0) is 16.9.